The van der Waals surface area contributed by atoms with E-state index in [1.54, 1.807) is 13.8 Å². The zero-order chi connectivity index (χ0) is 15.6. The first-order valence-corrected chi connectivity index (χ1v) is 6.42. The van der Waals surface area contributed by atoms with E-state index < -0.39 is 17.5 Å². The summed E-state index contributed by atoms with van der Waals surface area (Å²) < 4.78 is 1.20. The summed E-state index contributed by atoms with van der Waals surface area (Å²) in [5.41, 5.74) is -0.567. The lowest BCUT2D eigenvalue weighted by molar-refractivity contribution is -0.138. The number of nitrogens with zero attached hydrogens (tertiary/aromatic N) is 3. The molecule has 3 amide bonds. The summed E-state index contributed by atoms with van der Waals surface area (Å²) in [5, 5.41) is 17.8. The van der Waals surface area contributed by atoms with Crippen LogP contribution in [0.4, 0.5) is 10.5 Å². The second-order valence-corrected chi connectivity index (χ2v) is 5.22. The lowest BCUT2D eigenvalue weighted by Crippen LogP contribution is -2.64. The molecule has 2 heterocycles. The largest absolute Gasteiger partial charge is 0.480 e. The Morgan fingerprint density at radius 1 is 1.52 bits per heavy atom. The molecule has 0 unspecified atom stereocenters. The molecule has 1 saturated heterocycles. The zero-order valence-electron chi connectivity index (χ0n) is 11.8. The summed E-state index contributed by atoms with van der Waals surface area (Å²) in [6.45, 7) is 3.83. The maximum absolute atomic E-state index is 12.2. The maximum atomic E-state index is 12.2. The minimum absolute atomic E-state index is 0.217. The monoisotopic (exact) mass is 295 g/mol. The molecule has 1 fully saturated rings. The Bertz CT molecular complexity index is 580. The summed E-state index contributed by atoms with van der Waals surface area (Å²) in [6, 6.07) is -0.426. The number of carbonyl (C=O) groups is 3. The lowest BCUT2D eigenvalue weighted by Gasteiger charge is -2.40. The van der Waals surface area contributed by atoms with E-state index in [0.717, 1.165) is 0 Å². The van der Waals surface area contributed by atoms with Gasteiger partial charge in [0.2, 0.25) is 5.91 Å². The standard InChI is InChI=1S/C12H17N5O4/c1-12(2)10(20)13-3-4-17(12)11(21)15-8-5-14-16(6-8)7-9(18)19/h5-6H,3-4,7H2,1-2H3,(H,13,20)(H,15,21)(H,18,19). The predicted octanol–water partition coefficient (Wildman–Crippen LogP) is -0.290. The van der Waals surface area contributed by atoms with Gasteiger partial charge >= 0.3 is 12.0 Å². The number of carboxylic acids is 1. The Morgan fingerprint density at radius 2 is 2.24 bits per heavy atom. The molecule has 0 spiro atoms. The van der Waals surface area contributed by atoms with E-state index in [-0.39, 0.29) is 12.5 Å². The number of hydrogen-bond donors (Lipinski definition) is 3. The van der Waals surface area contributed by atoms with Gasteiger partial charge in [-0.05, 0) is 13.8 Å². The molecule has 3 N–H and O–H groups in total. The van der Waals surface area contributed by atoms with Crippen molar-refractivity contribution < 1.29 is 19.5 Å². The van der Waals surface area contributed by atoms with E-state index in [2.05, 4.69) is 15.7 Å². The molecule has 21 heavy (non-hydrogen) atoms. The van der Waals surface area contributed by atoms with Crippen molar-refractivity contribution in [2.45, 2.75) is 25.9 Å². The molecule has 0 bridgehead atoms. The second-order valence-electron chi connectivity index (χ2n) is 5.22. The van der Waals surface area contributed by atoms with Gasteiger partial charge in [0.1, 0.15) is 12.1 Å². The summed E-state index contributed by atoms with van der Waals surface area (Å²) in [5.74, 6) is -1.24. The molecule has 9 nitrogen and oxygen atoms in total. The van der Waals surface area contributed by atoms with Crippen molar-refractivity contribution in [1.29, 1.82) is 0 Å². The molecule has 0 aliphatic carbocycles. The molecule has 114 valence electrons. The average molecular weight is 295 g/mol. The van der Waals surface area contributed by atoms with Crippen LogP contribution in [0.5, 0.6) is 0 Å². The molecule has 1 aliphatic rings. The fourth-order valence-electron chi connectivity index (χ4n) is 2.10. The van der Waals surface area contributed by atoms with Crippen LogP contribution in [0, 0.1) is 0 Å². The molecule has 1 aromatic rings. The van der Waals surface area contributed by atoms with Crippen LogP contribution in [0.15, 0.2) is 12.4 Å². The van der Waals surface area contributed by atoms with Crippen molar-refractivity contribution in [1.82, 2.24) is 20.0 Å². The molecular weight excluding hydrogens is 278 g/mol. The third-order valence-corrected chi connectivity index (χ3v) is 3.28. The molecule has 9 heteroatoms. The molecule has 0 aromatic carbocycles. The topological polar surface area (TPSA) is 117 Å². The SMILES string of the molecule is CC1(C)C(=O)NCCN1C(=O)Nc1cnn(CC(=O)O)c1. The number of anilines is 1. The molecule has 0 atom stereocenters. The minimum atomic E-state index is -1.02. The van der Waals surface area contributed by atoms with Crippen LogP contribution in [0.2, 0.25) is 0 Å². The van der Waals surface area contributed by atoms with Crippen LogP contribution in [0.3, 0.4) is 0 Å². The molecule has 0 saturated carbocycles. The van der Waals surface area contributed by atoms with Gasteiger partial charge in [0, 0.05) is 19.3 Å². The first-order valence-electron chi connectivity index (χ1n) is 6.42. The van der Waals surface area contributed by atoms with Gasteiger partial charge in [-0.25, -0.2) is 4.79 Å². The first-order chi connectivity index (χ1) is 9.80. The highest BCUT2D eigenvalue weighted by Crippen LogP contribution is 2.19. The minimum Gasteiger partial charge on any atom is -0.480 e. The van der Waals surface area contributed by atoms with E-state index in [1.165, 1.54) is 22.0 Å². The van der Waals surface area contributed by atoms with E-state index in [4.69, 9.17) is 5.11 Å². The number of aromatic nitrogens is 2. The van der Waals surface area contributed by atoms with Crippen molar-refractivity contribution in [3.05, 3.63) is 12.4 Å². The number of hydrogen-bond acceptors (Lipinski definition) is 4. The van der Waals surface area contributed by atoms with Gasteiger partial charge in [-0.3, -0.25) is 14.3 Å². The van der Waals surface area contributed by atoms with Crippen molar-refractivity contribution in [3.8, 4) is 0 Å². The Labute approximate surface area is 120 Å². The summed E-state index contributed by atoms with van der Waals surface area (Å²) in [4.78, 5) is 36.0. The lowest BCUT2D eigenvalue weighted by atomic mass is 9.99. The number of piperazine rings is 1. The number of nitrogens with one attached hydrogen (secondary N) is 2. The molecule has 0 radical (unpaired) electrons. The van der Waals surface area contributed by atoms with Crippen molar-refractivity contribution in [3.63, 3.8) is 0 Å². The van der Waals surface area contributed by atoms with E-state index in [1.807, 2.05) is 0 Å². The van der Waals surface area contributed by atoms with Crippen LogP contribution >= 0.6 is 0 Å². The van der Waals surface area contributed by atoms with Crippen LogP contribution in [0.25, 0.3) is 0 Å². The van der Waals surface area contributed by atoms with Gasteiger partial charge in [-0.2, -0.15) is 5.10 Å². The molecule has 2 rings (SSSR count). The Kier molecular flexibility index (Phi) is 3.83. The second kappa shape index (κ2) is 5.43. The number of amides is 3. The molecule has 1 aromatic heterocycles. The van der Waals surface area contributed by atoms with Gasteiger partial charge in [0.15, 0.2) is 0 Å². The third-order valence-electron chi connectivity index (χ3n) is 3.28. The fourth-order valence-corrected chi connectivity index (χ4v) is 2.10. The van der Waals surface area contributed by atoms with E-state index in [9.17, 15) is 14.4 Å². The van der Waals surface area contributed by atoms with Crippen LogP contribution in [-0.2, 0) is 16.1 Å². The zero-order valence-corrected chi connectivity index (χ0v) is 11.8. The van der Waals surface area contributed by atoms with Gasteiger partial charge in [-0.15, -0.1) is 0 Å². The summed E-state index contributed by atoms with van der Waals surface area (Å²) >= 11 is 0. The van der Waals surface area contributed by atoms with Crippen LogP contribution < -0.4 is 10.6 Å². The van der Waals surface area contributed by atoms with Gasteiger partial charge in [0.25, 0.3) is 0 Å². The Morgan fingerprint density at radius 3 is 2.90 bits per heavy atom. The molecule has 1 aliphatic heterocycles. The van der Waals surface area contributed by atoms with Crippen molar-refractivity contribution in [2.24, 2.45) is 0 Å². The first kappa shape index (κ1) is 14.8. The fraction of sp³-hybridized carbons (Fsp3) is 0.500. The Hall–Kier alpha value is -2.58. The van der Waals surface area contributed by atoms with E-state index >= 15 is 0 Å². The summed E-state index contributed by atoms with van der Waals surface area (Å²) in [7, 11) is 0. The number of urea groups is 1. The summed E-state index contributed by atoms with van der Waals surface area (Å²) in [6.07, 6.45) is 2.78. The van der Waals surface area contributed by atoms with Gasteiger partial charge < -0.3 is 20.6 Å². The number of aliphatic carboxylic acids is 1. The normalized spacial score (nSPS) is 17.2. The predicted molar refractivity (Wildman–Crippen MR) is 72.7 cm³/mol. The highest BCUT2D eigenvalue weighted by Gasteiger charge is 2.40. The van der Waals surface area contributed by atoms with Crippen LogP contribution in [0.1, 0.15) is 13.8 Å². The van der Waals surface area contributed by atoms with Gasteiger partial charge in [-0.1, -0.05) is 0 Å². The third kappa shape index (κ3) is 3.12. The highest BCUT2D eigenvalue weighted by molar-refractivity contribution is 5.96. The van der Waals surface area contributed by atoms with Gasteiger partial charge in [0.05, 0.1) is 11.9 Å². The quantitative estimate of drug-likeness (QED) is 0.708. The van der Waals surface area contributed by atoms with Crippen LogP contribution in [-0.4, -0.2) is 56.3 Å². The maximum Gasteiger partial charge on any atom is 0.325 e. The number of carbonyl (C=O) groups excluding carboxylic acids is 2. The van der Waals surface area contributed by atoms with E-state index in [0.29, 0.717) is 18.8 Å². The highest BCUT2D eigenvalue weighted by atomic mass is 16.4. The number of carboxylic acid groups (broad SMARTS) is 1. The van der Waals surface area contributed by atoms with Crippen molar-refractivity contribution in [2.75, 3.05) is 18.4 Å². The molecular formula is C12H17N5O4. The smallest absolute Gasteiger partial charge is 0.325 e. The van der Waals surface area contributed by atoms with Crippen molar-refractivity contribution >= 4 is 23.6 Å². The Balaban J connectivity index is 2.05. The average Bonchev–Trinajstić information content (AvgIpc) is 2.78. The number of rotatable bonds is 3.